The maximum atomic E-state index is 12.8. The van der Waals surface area contributed by atoms with Crippen molar-refractivity contribution in [1.29, 1.82) is 0 Å². The van der Waals surface area contributed by atoms with Crippen molar-refractivity contribution >= 4 is 23.9 Å². The van der Waals surface area contributed by atoms with Gasteiger partial charge in [0.2, 0.25) is 11.8 Å². The second-order valence-corrected chi connectivity index (χ2v) is 16.9. The number of ether oxygens (including phenoxy) is 5. The van der Waals surface area contributed by atoms with Crippen molar-refractivity contribution < 1.29 is 53.1 Å². The molecule has 0 bridgehead atoms. The molecule has 14 heteroatoms. The first-order chi connectivity index (χ1) is 24.6. The van der Waals surface area contributed by atoms with Crippen molar-refractivity contribution in [2.45, 2.75) is 109 Å². The number of rotatable bonds is 15. The monoisotopic (exact) mass is 735 g/mol. The molecule has 1 heterocycles. The number of carbonyl (C=O) groups is 4. The lowest BCUT2D eigenvalue weighted by Crippen LogP contribution is -2.67. The van der Waals surface area contributed by atoms with Gasteiger partial charge in [0.15, 0.2) is 0 Å². The second kappa shape index (κ2) is 16.7. The maximum absolute atomic E-state index is 12.8. The molecule has 9 unspecified atom stereocenters. The smallest absolute Gasteiger partial charge is 0.407 e. The van der Waals surface area contributed by atoms with Crippen molar-refractivity contribution in [2.24, 2.45) is 34.5 Å². The summed E-state index contributed by atoms with van der Waals surface area (Å²) < 4.78 is 26.6. The van der Waals surface area contributed by atoms with E-state index in [1.54, 1.807) is 26.8 Å². The van der Waals surface area contributed by atoms with Crippen molar-refractivity contribution in [2.75, 3.05) is 59.3 Å². The quantitative estimate of drug-likeness (QED) is 0.123. The van der Waals surface area contributed by atoms with Crippen LogP contribution in [0.4, 0.5) is 4.79 Å². The Labute approximate surface area is 307 Å². The standard InChI is InChI=1S/C38H61N3O11/c1-35(2,3)52-34(46)40-13-15-49-17-16-48-14-12-39-31(43)22-50-23-32(44)41-26-8-10-36(4)25(19-26)6-7-28-29(36)20-30(42)37(5)27(9-11-38(28,37)47)24-18-33(45)51-21-24/h18,25-30,42,47H,6-17,19-23H2,1-5H3,(H,39,43)(H,40,46)(H,41,44). The zero-order chi connectivity index (χ0) is 37.7. The second-order valence-electron chi connectivity index (χ2n) is 16.9. The van der Waals surface area contributed by atoms with Crippen molar-refractivity contribution in [3.63, 3.8) is 0 Å². The van der Waals surface area contributed by atoms with Gasteiger partial charge in [-0.25, -0.2) is 9.59 Å². The minimum absolute atomic E-state index is 0.00601. The van der Waals surface area contributed by atoms with E-state index in [2.05, 4.69) is 22.9 Å². The Morgan fingerprint density at radius 3 is 2.25 bits per heavy atom. The molecule has 52 heavy (non-hydrogen) atoms. The van der Waals surface area contributed by atoms with E-state index in [-0.39, 0.29) is 66.8 Å². The van der Waals surface area contributed by atoms with Crippen LogP contribution in [0.2, 0.25) is 0 Å². The van der Waals surface area contributed by atoms with Crippen LogP contribution < -0.4 is 16.0 Å². The molecule has 0 radical (unpaired) electrons. The van der Waals surface area contributed by atoms with Crippen LogP contribution in [0.1, 0.15) is 86.0 Å². The molecule has 4 fully saturated rings. The van der Waals surface area contributed by atoms with Crippen LogP contribution in [0.5, 0.6) is 0 Å². The molecule has 0 aromatic carbocycles. The summed E-state index contributed by atoms with van der Waals surface area (Å²) in [5.41, 5.74) is -1.45. The molecule has 14 nitrogen and oxygen atoms in total. The first kappa shape index (κ1) is 40.4. The van der Waals surface area contributed by atoms with Gasteiger partial charge >= 0.3 is 12.1 Å². The van der Waals surface area contributed by atoms with Crippen molar-refractivity contribution in [1.82, 2.24) is 16.0 Å². The number of cyclic esters (lactones) is 1. The highest BCUT2D eigenvalue weighted by atomic mass is 16.6. The number of esters is 1. The maximum Gasteiger partial charge on any atom is 0.407 e. The lowest BCUT2D eigenvalue weighted by atomic mass is 9.42. The van der Waals surface area contributed by atoms with Crippen LogP contribution in [-0.4, -0.2) is 117 Å². The fraction of sp³-hybridized carbons (Fsp3) is 0.842. The van der Waals surface area contributed by atoms with Crippen LogP contribution in [0.3, 0.4) is 0 Å². The zero-order valence-corrected chi connectivity index (χ0v) is 31.6. The Kier molecular flexibility index (Phi) is 13.0. The van der Waals surface area contributed by atoms with Gasteiger partial charge in [-0.15, -0.1) is 0 Å². The summed E-state index contributed by atoms with van der Waals surface area (Å²) in [4.78, 5) is 48.4. The Hall–Kier alpha value is -2.78. The topological polar surface area (TPSA) is 191 Å². The molecule has 0 saturated heterocycles. The average Bonchev–Trinajstić information content (AvgIpc) is 3.62. The van der Waals surface area contributed by atoms with Gasteiger partial charge in [-0.1, -0.05) is 13.8 Å². The fourth-order valence-corrected chi connectivity index (χ4v) is 10.2. The normalized spacial score (nSPS) is 35.4. The van der Waals surface area contributed by atoms with Gasteiger partial charge in [0.25, 0.3) is 0 Å². The third-order valence-electron chi connectivity index (χ3n) is 12.8. The Bertz CT molecular complexity index is 1340. The molecule has 1 aliphatic heterocycles. The van der Waals surface area contributed by atoms with Crippen LogP contribution in [0.25, 0.3) is 0 Å². The number of hydrogen-bond donors (Lipinski definition) is 5. The summed E-state index contributed by atoms with van der Waals surface area (Å²) in [5.74, 6) is -0.409. The van der Waals surface area contributed by atoms with E-state index >= 15 is 0 Å². The summed E-state index contributed by atoms with van der Waals surface area (Å²) in [7, 11) is 0. The molecule has 294 valence electrons. The van der Waals surface area contributed by atoms with Gasteiger partial charge in [0.1, 0.15) is 25.4 Å². The summed E-state index contributed by atoms with van der Waals surface area (Å²) >= 11 is 0. The van der Waals surface area contributed by atoms with Gasteiger partial charge in [-0.2, -0.15) is 0 Å². The van der Waals surface area contributed by atoms with Crippen molar-refractivity contribution in [3.05, 3.63) is 11.6 Å². The predicted molar refractivity (Wildman–Crippen MR) is 189 cm³/mol. The van der Waals surface area contributed by atoms with Crippen LogP contribution in [0, 0.1) is 34.5 Å². The third-order valence-corrected chi connectivity index (χ3v) is 12.8. The van der Waals surface area contributed by atoms with E-state index in [1.165, 1.54) is 0 Å². The number of aliphatic hydroxyl groups is 2. The molecule has 4 saturated carbocycles. The lowest BCUT2D eigenvalue weighted by Gasteiger charge is -2.65. The van der Waals surface area contributed by atoms with E-state index in [0.29, 0.717) is 58.3 Å². The van der Waals surface area contributed by atoms with E-state index in [1.807, 2.05) is 6.92 Å². The number of hydrogen-bond acceptors (Lipinski definition) is 11. The molecule has 5 rings (SSSR count). The molecule has 3 amide bonds. The minimum atomic E-state index is -1.01. The van der Waals surface area contributed by atoms with Crippen LogP contribution >= 0.6 is 0 Å². The summed E-state index contributed by atoms with van der Waals surface area (Å²) in [5, 5.41) is 32.6. The summed E-state index contributed by atoms with van der Waals surface area (Å²) in [6.45, 7) is 11.4. The van der Waals surface area contributed by atoms with Gasteiger partial charge < -0.3 is 49.8 Å². The Balaban J connectivity index is 0.955. The molecule has 9 atom stereocenters. The molecule has 0 spiro atoms. The molecule has 0 aromatic heterocycles. The number of nitrogens with one attached hydrogen (secondary N) is 3. The number of alkyl carbamates (subject to hydrolysis) is 1. The molecule has 5 N–H and O–H groups in total. The highest BCUT2D eigenvalue weighted by molar-refractivity contribution is 5.85. The first-order valence-corrected chi connectivity index (χ1v) is 19.1. The summed E-state index contributed by atoms with van der Waals surface area (Å²) in [6.07, 6.45) is 6.70. The summed E-state index contributed by atoms with van der Waals surface area (Å²) in [6, 6.07) is 0.00601. The molecular formula is C38H61N3O11. The largest absolute Gasteiger partial charge is 0.458 e. The Morgan fingerprint density at radius 2 is 1.58 bits per heavy atom. The van der Waals surface area contributed by atoms with E-state index in [0.717, 1.165) is 44.1 Å². The SMILES string of the molecule is CC(C)(C)OC(=O)NCCOCCOCCNC(=O)COCC(=O)NC1CCC2(C)C(CCC3C2CC(O)C2(C)C(C4=CC(=O)OC4)CCC32O)C1. The van der Waals surface area contributed by atoms with E-state index in [4.69, 9.17) is 23.7 Å². The van der Waals surface area contributed by atoms with Gasteiger partial charge in [0.05, 0.1) is 38.1 Å². The highest BCUT2D eigenvalue weighted by Gasteiger charge is 2.70. The molecule has 4 aliphatic carbocycles. The number of carbonyl (C=O) groups excluding carboxylic acids is 4. The fourth-order valence-electron chi connectivity index (χ4n) is 10.2. The Morgan fingerprint density at radius 1 is 0.885 bits per heavy atom. The number of fused-ring (bicyclic) bond motifs is 5. The van der Waals surface area contributed by atoms with E-state index in [9.17, 15) is 29.4 Å². The van der Waals surface area contributed by atoms with Gasteiger partial charge in [-0.3, -0.25) is 9.59 Å². The third kappa shape index (κ3) is 8.94. The highest BCUT2D eigenvalue weighted by Crippen LogP contribution is 2.69. The minimum Gasteiger partial charge on any atom is -0.458 e. The van der Waals surface area contributed by atoms with Crippen LogP contribution in [0.15, 0.2) is 11.6 Å². The van der Waals surface area contributed by atoms with Crippen LogP contribution in [-0.2, 0) is 38.1 Å². The van der Waals surface area contributed by atoms with Gasteiger partial charge in [0, 0.05) is 30.6 Å². The number of aliphatic hydroxyl groups excluding tert-OH is 1. The van der Waals surface area contributed by atoms with Crippen molar-refractivity contribution in [3.8, 4) is 0 Å². The zero-order valence-electron chi connectivity index (χ0n) is 31.6. The lowest BCUT2D eigenvalue weighted by molar-refractivity contribution is -0.243. The first-order valence-electron chi connectivity index (χ1n) is 19.1. The molecular weight excluding hydrogens is 674 g/mol. The van der Waals surface area contributed by atoms with Gasteiger partial charge in [-0.05, 0) is 107 Å². The predicted octanol–water partition coefficient (Wildman–Crippen LogP) is 2.39. The number of amides is 3. The molecule has 0 aromatic rings. The molecule has 5 aliphatic rings. The van der Waals surface area contributed by atoms with E-state index < -0.39 is 28.8 Å². The average molecular weight is 736 g/mol.